The molecule has 0 aromatic carbocycles. The molecule has 2 N–H and O–H groups in total. The van der Waals surface area contributed by atoms with Crippen LogP contribution in [0.25, 0.3) is 5.57 Å². The van der Waals surface area contributed by atoms with Crippen LogP contribution in [-0.2, 0) is 0 Å². The molecule has 0 aliphatic rings. The van der Waals surface area contributed by atoms with Gasteiger partial charge in [0.25, 0.3) is 0 Å². The molecule has 0 atom stereocenters. The van der Waals surface area contributed by atoms with Crippen LogP contribution in [0.2, 0.25) is 0 Å². The topological polar surface area (TPSA) is 51.8 Å². The minimum Gasteiger partial charge on any atom is -0.330 e. The average molecular weight is 163 g/mol. The number of nitrogens with zero attached hydrogens (tertiary/aromatic N) is 2. The first-order valence-electron chi connectivity index (χ1n) is 3.90. The van der Waals surface area contributed by atoms with E-state index in [0.717, 1.165) is 23.3 Å². The van der Waals surface area contributed by atoms with E-state index >= 15 is 0 Å². The van der Waals surface area contributed by atoms with Crippen molar-refractivity contribution < 1.29 is 0 Å². The number of aryl methyl sites for hydroxylation is 1. The molecule has 64 valence electrons. The second-order valence-electron chi connectivity index (χ2n) is 2.66. The molecule has 0 aliphatic carbocycles. The molecule has 1 rings (SSSR count). The maximum absolute atomic E-state index is 5.42. The second kappa shape index (κ2) is 3.97. The Morgan fingerprint density at radius 2 is 2.42 bits per heavy atom. The molecule has 1 aromatic heterocycles. The molecule has 1 aromatic rings. The predicted octanol–water partition coefficient (Wildman–Crippen LogP) is 1.15. The highest BCUT2D eigenvalue weighted by Crippen LogP contribution is 2.15. The first-order valence-corrected chi connectivity index (χ1v) is 3.90. The Hall–Kier alpha value is -1.22. The Kier molecular flexibility index (Phi) is 2.94. The van der Waals surface area contributed by atoms with Crippen molar-refractivity contribution in [2.75, 3.05) is 6.54 Å². The fourth-order valence-corrected chi connectivity index (χ4v) is 1.05. The van der Waals surface area contributed by atoms with Crippen molar-refractivity contribution in [2.45, 2.75) is 13.3 Å². The second-order valence-corrected chi connectivity index (χ2v) is 2.66. The van der Waals surface area contributed by atoms with E-state index < -0.39 is 0 Å². The van der Waals surface area contributed by atoms with Crippen molar-refractivity contribution in [3.05, 3.63) is 30.4 Å². The van der Waals surface area contributed by atoms with Gasteiger partial charge < -0.3 is 5.73 Å². The smallest absolute Gasteiger partial charge is 0.115 e. The van der Waals surface area contributed by atoms with Crippen LogP contribution in [0.5, 0.6) is 0 Å². The zero-order valence-electron chi connectivity index (χ0n) is 7.25. The summed E-state index contributed by atoms with van der Waals surface area (Å²) < 4.78 is 0. The highest BCUT2D eigenvalue weighted by atomic mass is 14.8. The first-order chi connectivity index (χ1) is 5.75. The van der Waals surface area contributed by atoms with Crippen LogP contribution in [0, 0.1) is 6.92 Å². The molecule has 0 bridgehead atoms. The van der Waals surface area contributed by atoms with Gasteiger partial charge in [-0.3, -0.25) is 0 Å². The summed E-state index contributed by atoms with van der Waals surface area (Å²) in [5.41, 5.74) is 8.40. The molecule has 3 nitrogen and oxygen atoms in total. The van der Waals surface area contributed by atoms with Gasteiger partial charge in [-0.2, -0.15) is 0 Å². The van der Waals surface area contributed by atoms with E-state index in [1.807, 2.05) is 6.92 Å². The lowest BCUT2D eigenvalue weighted by atomic mass is 10.1. The zero-order valence-corrected chi connectivity index (χ0v) is 7.25. The number of nitrogens with two attached hydrogens (primary N) is 1. The van der Waals surface area contributed by atoms with E-state index in [1.165, 1.54) is 6.33 Å². The van der Waals surface area contributed by atoms with Crippen molar-refractivity contribution in [3.8, 4) is 0 Å². The van der Waals surface area contributed by atoms with E-state index in [-0.39, 0.29) is 0 Å². The minimum atomic E-state index is 0.618. The van der Waals surface area contributed by atoms with Gasteiger partial charge >= 0.3 is 0 Å². The number of hydrogen-bond acceptors (Lipinski definition) is 3. The van der Waals surface area contributed by atoms with Crippen LogP contribution in [0.1, 0.15) is 17.7 Å². The average Bonchev–Trinajstić information content (AvgIpc) is 2.05. The molecular formula is C9H13N3. The SMILES string of the molecule is C=C(CCN)c1cncnc1C. The molecule has 0 spiro atoms. The standard InChI is InChI=1S/C9H13N3/c1-7(3-4-10)9-5-11-6-12-8(9)2/h5-6H,1,3-4,10H2,2H3. The summed E-state index contributed by atoms with van der Waals surface area (Å²) in [6.45, 7) is 6.48. The van der Waals surface area contributed by atoms with Crippen molar-refractivity contribution in [1.82, 2.24) is 9.97 Å². The zero-order chi connectivity index (χ0) is 8.97. The summed E-state index contributed by atoms with van der Waals surface area (Å²) in [5.74, 6) is 0. The van der Waals surface area contributed by atoms with Crippen molar-refractivity contribution in [3.63, 3.8) is 0 Å². The fraction of sp³-hybridized carbons (Fsp3) is 0.333. The molecule has 0 amide bonds. The quantitative estimate of drug-likeness (QED) is 0.727. The maximum Gasteiger partial charge on any atom is 0.115 e. The molecule has 0 fully saturated rings. The first kappa shape index (κ1) is 8.87. The third kappa shape index (κ3) is 1.89. The molecular weight excluding hydrogens is 150 g/mol. The van der Waals surface area contributed by atoms with Gasteiger partial charge in [-0.15, -0.1) is 0 Å². The summed E-state index contributed by atoms with van der Waals surface area (Å²) in [6, 6.07) is 0. The molecule has 0 unspecified atom stereocenters. The molecule has 0 radical (unpaired) electrons. The largest absolute Gasteiger partial charge is 0.330 e. The van der Waals surface area contributed by atoms with Gasteiger partial charge in [0.1, 0.15) is 6.33 Å². The van der Waals surface area contributed by atoms with Gasteiger partial charge in [0.15, 0.2) is 0 Å². The van der Waals surface area contributed by atoms with E-state index in [4.69, 9.17) is 5.73 Å². The molecule has 0 aliphatic heterocycles. The van der Waals surface area contributed by atoms with Crippen LogP contribution >= 0.6 is 0 Å². The van der Waals surface area contributed by atoms with Crippen molar-refractivity contribution in [1.29, 1.82) is 0 Å². The van der Waals surface area contributed by atoms with Gasteiger partial charge in [0, 0.05) is 17.5 Å². The predicted molar refractivity (Wildman–Crippen MR) is 49.5 cm³/mol. The van der Waals surface area contributed by atoms with Crippen LogP contribution in [0.4, 0.5) is 0 Å². The molecule has 0 saturated heterocycles. The van der Waals surface area contributed by atoms with E-state index in [0.29, 0.717) is 6.54 Å². The lowest BCUT2D eigenvalue weighted by Gasteiger charge is -2.05. The van der Waals surface area contributed by atoms with Crippen LogP contribution < -0.4 is 5.73 Å². The third-order valence-electron chi connectivity index (χ3n) is 1.74. The van der Waals surface area contributed by atoms with Gasteiger partial charge in [-0.1, -0.05) is 6.58 Å². The molecule has 3 heteroatoms. The molecule has 0 saturated carbocycles. The summed E-state index contributed by atoms with van der Waals surface area (Å²) in [4.78, 5) is 8.01. The Labute approximate surface area is 72.3 Å². The monoisotopic (exact) mass is 163 g/mol. The number of rotatable bonds is 3. The van der Waals surface area contributed by atoms with E-state index in [9.17, 15) is 0 Å². The summed E-state index contributed by atoms with van der Waals surface area (Å²) in [6.07, 6.45) is 4.11. The van der Waals surface area contributed by atoms with Gasteiger partial charge in [0.05, 0.1) is 0 Å². The molecule has 1 heterocycles. The number of aromatic nitrogens is 2. The maximum atomic E-state index is 5.42. The van der Waals surface area contributed by atoms with Crippen molar-refractivity contribution in [2.24, 2.45) is 5.73 Å². The molecule has 12 heavy (non-hydrogen) atoms. The lowest BCUT2D eigenvalue weighted by Crippen LogP contribution is -2.01. The Balaban J connectivity index is 2.87. The Morgan fingerprint density at radius 1 is 1.67 bits per heavy atom. The van der Waals surface area contributed by atoms with Gasteiger partial charge in [-0.25, -0.2) is 9.97 Å². The van der Waals surface area contributed by atoms with Crippen LogP contribution in [-0.4, -0.2) is 16.5 Å². The van der Waals surface area contributed by atoms with Crippen LogP contribution in [0.15, 0.2) is 19.1 Å². The van der Waals surface area contributed by atoms with E-state index in [1.54, 1.807) is 6.20 Å². The summed E-state index contributed by atoms with van der Waals surface area (Å²) in [7, 11) is 0. The Bertz CT molecular complexity index is 281. The fourth-order valence-electron chi connectivity index (χ4n) is 1.05. The minimum absolute atomic E-state index is 0.618. The van der Waals surface area contributed by atoms with E-state index in [2.05, 4.69) is 16.5 Å². The normalized spacial score (nSPS) is 9.83. The van der Waals surface area contributed by atoms with Crippen LogP contribution in [0.3, 0.4) is 0 Å². The summed E-state index contributed by atoms with van der Waals surface area (Å²) >= 11 is 0. The van der Waals surface area contributed by atoms with Crippen molar-refractivity contribution >= 4 is 5.57 Å². The highest BCUT2D eigenvalue weighted by Gasteiger charge is 2.01. The summed E-state index contributed by atoms with van der Waals surface area (Å²) in [5, 5.41) is 0. The lowest BCUT2D eigenvalue weighted by molar-refractivity contribution is 1.01. The third-order valence-corrected chi connectivity index (χ3v) is 1.74. The Morgan fingerprint density at radius 3 is 3.00 bits per heavy atom. The highest BCUT2D eigenvalue weighted by molar-refractivity contribution is 5.64. The number of hydrogen-bond donors (Lipinski definition) is 1. The van der Waals surface area contributed by atoms with Gasteiger partial charge in [0.2, 0.25) is 0 Å². The van der Waals surface area contributed by atoms with Gasteiger partial charge in [-0.05, 0) is 25.5 Å².